The summed E-state index contributed by atoms with van der Waals surface area (Å²) in [5, 5.41) is 13.3. The number of hydrogen-bond donors (Lipinski definition) is 0. The topological polar surface area (TPSA) is 65.5 Å². The number of quaternary nitrogens is 1. The molecule has 2 atom stereocenters. The molecular weight excluding hydrogens is 408 g/mol. The molecule has 2 aromatic rings. The summed E-state index contributed by atoms with van der Waals surface area (Å²) in [6, 6.07) is 3.06. The Kier molecular flexibility index (Phi) is 4.67. The minimum atomic E-state index is -1.21. The number of nitrogens with zero attached hydrogens (tertiary/aromatic N) is 3. The number of rotatable bonds is 3. The molecule has 2 unspecified atom stereocenters. The lowest BCUT2D eigenvalue weighted by Crippen LogP contribution is -2.50. The van der Waals surface area contributed by atoms with Gasteiger partial charge >= 0.3 is 5.97 Å². The number of ether oxygens (including phenoxy) is 1. The first kappa shape index (κ1) is 17.4. The van der Waals surface area contributed by atoms with E-state index >= 15 is 0 Å². The highest BCUT2D eigenvalue weighted by molar-refractivity contribution is 9.11. The Balaban J connectivity index is 1.89. The molecule has 0 spiro atoms. The van der Waals surface area contributed by atoms with Gasteiger partial charge in [0.2, 0.25) is 0 Å². The largest absolute Gasteiger partial charge is 0.622 e. The molecule has 10 heteroatoms. The second kappa shape index (κ2) is 6.45. The average molecular weight is 420 g/mol. The van der Waals surface area contributed by atoms with Crippen LogP contribution in [-0.4, -0.2) is 42.3 Å². The Morgan fingerprint density at radius 2 is 2.17 bits per heavy atom. The van der Waals surface area contributed by atoms with E-state index in [1.165, 1.54) is 6.20 Å². The van der Waals surface area contributed by atoms with E-state index in [9.17, 15) is 18.8 Å². The Bertz CT molecular complexity index is 770. The average Bonchev–Trinajstić information content (AvgIpc) is 3.04. The number of thiazole rings is 1. The quantitative estimate of drug-likeness (QED) is 0.434. The van der Waals surface area contributed by atoms with Gasteiger partial charge in [-0.15, -0.1) is 0 Å². The number of hydroxylamine groups is 2. The third-order valence-corrected chi connectivity index (χ3v) is 5.17. The third kappa shape index (κ3) is 3.07. The smallest absolute Gasteiger partial charge is 0.348 e. The molecule has 0 N–H and O–H groups in total. The summed E-state index contributed by atoms with van der Waals surface area (Å²) in [7, 11) is 1.69. The third-order valence-electron chi connectivity index (χ3n) is 3.58. The highest BCUT2D eigenvalue weighted by Crippen LogP contribution is 2.36. The summed E-state index contributed by atoms with van der Waals surface area (Å²) < 4.78 is 32.2. The van der Waals surface area contributed by atoms with Gasteiger partial charge in [0, 0.05) is 0 Å². The normalized spacial score (nSPS) is 24.3. The van der Waals surface area contributed by atoms with E-state index in [2.05, 4.69) is 20.9 Å². The zero-order chi connectivity index (χ0) is 17.5. The van der Waals surface area contributed by atoms with Crippen molar-refractivity contribution in [1.82, 2.24) is 14.5 Å². The minimum absolute atomic E-state index is 0.0116. The molecule has 1 saturated heterocycles. The lowest BCUT2D eigenvalue weighted by atomic mass is 10.2. The first-order valence-corrected chi connectivity index (χ1v) is 8.46. The van der Waals surface area contributed by atoms with Gasteiger partial charge in [0.1, 0.15) is 23.9 Å². The number of carbonyl (C=O) groups is 1. The molecule has 1 aliphatic heterocycles. The van der Waals surface area contributed by atoms with Gasteiger partial charge in [-0.2, -0.15) is 4.98 Å². The molecule has 1 fully saturated rings. The molecule has 1 aromatic heterocycles. The van der Waals surface area contributed by atoms with Crippen LogP contribution in [0.1, 0.15) is 10.4 Å². The van der Waals surface area contributed by atoms with Gasteiger partial charge in [-0.3, -0.25) is 4.65 Å². The van der Waals surface area contributed by atoms with Gasteiger partial charge in [-0.25, -0.2) is 18.5 Å². The van der Waals surface area contributed by atoms with Crippen LogP contribution in [0.25, 0.3) is 0 Å². The van der Waals surface area contributed by atoms with Crippen molar-refractivity contribution in [3.05, 3.63) is 50.6 Å². The number of hydrogen-bond acceptors (Lipinski definition) is 6. The van der Waals surface area contributed by atoms with Gasteiger partial charge in [-0.05, 0) is 46.4 Å². The minimum Gasteiger partial charge on any atom is -0.622 e. The zero-order valence-electron chi connectivity index (χ0n) is 12.4. The molecule has 1 aliphatic rings. The number of likely N-dealkylation sites (N-methyl/N-ethyl adjacent to an activating group) is 1. The molecule has 0 bridgehead atoms. The van der Waals surface area contributed by atoms with Gasteiger partial charge in [-0.1, -0.05) is 6.07 Å². The van der Waals surface area contributed by atoms with Gasteiger partial charge in [0.15, 0.2) is 0 Å². The molecule has 6 nitrogen and oxygen atoms in total. The Hall–Kier alpha value is -1.46. The summed E-state index contributed by atoms with van der Waals surface area (Å²) >= 11 is 4.35. The van der Waals surface area contributed by atoms with Gasteiger partial charge in [0.05, 0.1) is 16.5 Å². The monoisotopic (exact) mass is 419 g/mol. The maximum absolute atomic E-state index is 13.7. The van der Waals surface area contributed by atoms with Crippen LogP contribution in [0.15, 0.2) is 28.2 Å². The Labute approximate surface area is 148 Å². The second-order valence-electron chi connectivity index (χ2n) is 5.38. The molecule has 0 amide bonds. The molecule has 1 aromatic carbocycles. The van der Waals surface area contributed by atoms with Crippen LogP contribution < -0.4 is 4.65 Å². The number of benzene rings is 1. The van der Waals surface area contributed by atoms with Crippen LogP contribution in [-0.2, 0) is 4.74 Å². The van der Waals surface area contributed by atoms with Crippen molar-refractivity contribution in [2.45, 2.75) is 6.23 Å². The van der Waals surface area contributed by atoms with Crippen molar-refractivity contribution < 1.29 is 18.3 Å². The predicted octanol–water partition coefficient (Wildman–Crippen LogP) is 3.07. The van der Waals surface area contributed by atoms with Crippen molar-refractivity contribution in [3.8, 4) is 0 Å². The van der Waals surface area contributed by atoms with Crippen LogP contribution in [0.5, 0.6) is 0 Å². The summed E-state index contributed by atoms with van der Waals surface area (Å²) in [4.78, 5) is 17.9. The molecular formula is C14H12BrF2N3O3S. The first-order valence-electron chi connectivity index (χ1n) is 6.85. The van der Waals surface area contributed by atoms with Gasteiger partial charge < -0.3 is 9.94 Å². The molecule has 0 saturated carbocycles. The maximum atomic E-state index is 13.7. The van der Waals surface area contributed by atoms with Crippen molar-refractivity contribution >= 4 is 38.4 Å². The standard InChI is InChI=1S/C14H12BrF2N3O3S/c1-19-6-11(20(22,7-19)14-18-5-10(15)24-14)23-13(21)12-8(16)3-2-4-9(12)17/h2-5,11H,6-7H2,1H3. The Morgan fingerprint density at radius 3 is 2.75 bits per heavy atom. The fourth-order valence-corrected chi connectivity index (χ4v) is 3.76. The SMILES string of the molecule is CN1CC(OC(=O)c2c(F)cccc2F)[N+]([O-])(c2ncc(Br)s2)C1. The molecule has 0 radical (unpaired) electrons. The molecule has 2 heterocycles. The summed E-state index contributed by atoms with van der Waals surface area (Å²) in [5.41, 5.74) is -0.807. The fourth-order valence-electron chi connectivity index (χ4n) is 2.51. The second-order valence-corrected chi connectivity index (χ2v) is 7.77. The van der Waals surface area contributed by atoms with Crippen molar-refractivity contribution in [2.75, 3.05) is 20.3 Å². The highest BCUT2D eigenvalue weighted by atomic mass is 79.9. The number of aromatic nitrogens is 1. The molecule has 128 valence electrons. The van der Waals surface area contributed by atoms with E-state index in [4.69, 9.17) is 4.74 Å². The first-order chi connectivity index (χ1) is 11.3. The maximum Gasteiger partial charge on any atom is 0.348 e. The van der Waals surface area contributed by atoms with Gasteiger partial charge in [0.25, 0.3) is 11.4 Å². The van der Waals surface area contributed by atoms with Crippen molar-refractivity contribution in [1.29, 1.82) is 0 Å². The number of halogens is 3. The molecule has 24 heavy (non-hydrogen) atoms. The van der Waals surface area contributed by atoms with Crippen LogP contribution >= 0.6 is 27.3 Å². The zero-order valence-corrected chi connectivity index (χ0v) is 14.8. The van der Waals surface area contributed by atoms with Crippen molar-refractivity contribution in [3.63, 3.8) is 0 Å². The van der Waals surface area contributed by atoms with Crippen LogP contribution in [0.3, 0.4) is 0 Å². The molecule has 0 aliphatic carbocycles. The van der Waals surface area contributed by atoms with E-state index in [0.29, 0.717) is 3.79 Å². The van der Waals surface area contributed by atoms with E-state index in [1.807, 2.05) is 0 Å². The van der Waals surface area contributed by atoms with E-state index in [-0.39, 0.29) is 18.3 Å². The van der Waals surface area contributed by atoms with Crippen molar-refractivity contribution in [2.24, 2.45) is 0 Å². The lowest BCUT2D eigenvalue weighted by molar-refractivity contribution is 0.00475. The predicted molar refractivity (Wildman–Crippen MR) is 88.0 cm³/mol. The number of carbonyl (C=O) groups excluding carboxylic acids is 1. The van der Waals surface area contributed by atoms with Crippen LogP contribution in [0, 0.1) is 16.8 Å². The van der Waals surface area contributed by atoms with Crippen LogP contribution in [0.2, 0.25) is 0 Å². The summed E-state index contributed by atoms with van der Waals surface area (Å²) in [6.07, 6.45) is 0.311. The summed E-state index contributed by atoms with van der Waals surface area (Å²) in [6.45, 7) is 0.139. The highest BCUT2D eigenvalue weighted by Gasteiger charge is 2.45. The molecule has 3 rings (SSSR count). The number of esters is 1. The Morgan fingerprint density at radius 1 is 1.50 bits per heavy atom. The van der Waals surface area contributed by atoms with E-state index in [1.54, 1.807) is 11.9 Å². The van der Waals surface area contributed by atoms with E-state index in [0.717, 1.165) is 29.5 Å². The summed E-state index contributed by atoms with van der Waals surface area (Å²) in [5.74, 6) is -3.28. The van der Waals surface area contributed by atoms with Crippen LogP contribution in [0.4, 0.5) is 13.9 Å². The van der Waals surface area contributed by atoms with E-state index < -0.39 is 34.0 Å². The lowest BCUT2D eigenvalue weighted by Gasteiger charge is -2.38. The fraction of sp³-hybridized carbons (Fsp3) is 0.286.